The number of amides is 1. The molecule has 29 heavy (non-hydrogen) atoms. The number of anilines is 2. The van der Waals surface area contributed by atoms with Gasteiger partial charge in [-0.25, -0.2) is 10.1 Å². The van der Waals surface area contributed by atoms with E-state index in [1.807, 2.05) is 55.5 Å². The number of hydrazone groups is 1. The number of nitrogens with zero attached hydrogens (tertiary/aromatic N) is 4. The first-order valence-electron chi connectivity index (χ1n) is 8.68. The first kappa shape index (κ1) is 20.2. The number of rotatable bonds is 8. The van der Waals surface area contributed by atoms with Crippen LogP contribution in [-0.2, 0) is 4.79 Å². The van der Waals surface area contributed by atoms with Crippen LogP contribution in [0.3, 0.4) is 0 Å². The Balaban J connectivity index is 1.52. The molecule has 1 heterocycles. The molecule has 4 N–H and O–H groups in total. The summed E-state index contributed by atoms with van der Waals surface area (Å²) in [6.45, 7) is 1.99. The third kappa shape index (κ3) is 5.72. The van der Waals surface area contributed by atoms with Gasteiger partial charge in [0.1, 0.15) is 5.75 Å². The van der Waals surface area contributed by atoms with Crippen LogP contribution in [-0.4, -0.2) is 39.9 Å². The summed E-state index contributed by atoms with van der Waals surface area (Å²) in [5, 5.41) is 15.2. The first-order chi connectivity index (χ1) is 14.0. The Morgan fingerprint density at radius 3 is 2.83 bits per heavy atom. The minimum absolute atomic E-state index is 0.149. The Bertz CT molecular complexity index is 1000. The zero-order chi connectivity index (χ0) is 20.6. The van der Waals surface area contributed by atoms with E-state index in [9.17, 15) is 4.79 Å². The number of aromatic nitrogens is 3. The topological polar surface area (TPSA) is 119 Å². The van der Waals surface area contributed by atoms with Gasteiger partial charge in [0.05, 0.1) is 19.1 Å². The number of thioether (sulfide) groups is 1. The minimum atomic E-state index is -0.160. The fraction of sp³-hybridized carbons (Fsp3) is 0.158. The summed E-state index contributed by atoms with van der Waals surface area (Å²) < 4.78 is 6.41. The Morgan fingerprint density at radius 2 is 2.07 bits per heavy atom. The lowest BCUT2D eigenvalue weighted by Gasteiger charge is -2.05. The van der Waals surface area contributed by atoms with Crippen molar-refractivity contribution in [1.29, 1.82) is 0 Å². The van der Waals surface area contributed by atoms with Crippen molar-refractivity contribution in [3.05, 3.63) is 59.7 Å². The second-order valence-electron chi connectivity index (χ2n) is 6.03. The Hall–Kier alpha value is -3.53. The Kier molecular flexibility index (Phi) is 6.69. The van der Waals surface area contributed by atoms with Gasteiger partial charge < -0.3 is 15.9 Å². The molecule has 2 aromatic carbocycles. The molecular weight excluding hydrogens is 390 g/mol. The van der Waals surface area contributed by atoms with Crippen LogP contribution in [0.15, 0.2) is 58.8 Å². The van der Waals surface area contributed by atoms with Crippen LogP contribution < -0.4 is 21.3 Å². The van der Waals surface area contributed by atoms with Gasteiger partial charge in [-0.3, -0.25) is 4.79 Å². The van der Waals surface area contributed by atoms with Crippen molar-refractivity contribution in [3.8, 4) is 5.75 Å². The second-order valence-corrected chi connectivity index (χ2v) is 6.97. The van der Waals surface area contributed by atoms with E-state index in [0.29, 0.717) is 5.16 Å². The third-order valence-corrected chi connectivity index (χ3v) is 4.75. The lowest BCUT2D eigenvalue weighted by atomic mass is 10.2. The van der Waals surface area contributed by atoms with Gasteiger partial charge >= 0.3 is 0 Å². The lowest BCUT2D eigenvalue weighted by Crippen LogP contribution is -2.16. The normalized spacial score (nSPS) is 10.8. The molecule has 0 fully saturated rings. The number of nitrogen functional groups attached to an aromatic ring is 1. The van der Waals surface area contributed by atoms with Crippen molar-refractivity contribution in [1.82, 2.24) is 14.9 Å². The number of ether oxygens (including phenoxy) is 1. The van der Waals surface area contributed by atoms with Crippen molar-refractivity contribution in [2.24, 2.45) is 5.10 Å². The van der Waals surface area contributed by atoms with Gasteiger partial charge in [-0.1, -0.05) is 41.6 Å². The molecule has 1 aromatic heterocycles. The van der Waals surface area contributed by atoms with Gasteiger partial charge in [0.25, 0.3) is 5.95 Å². The quantitative estimate of drug-likeness (QED) is 0.225. The maximum atomic E-state index is 12.1. The second kappa shape index (κ2) is 9.60. The highest BCUT2D eigenvalue weighted by Crippen LogP contribution is 2.17. The molecule has 9 nitrogen and oxygen atoms in total. The van der Waals surface area contributed by atoms with Gasteiger partial charge in [0.15, 0.2) is 0 Å². The molecule has 3 rings (SSSR count). The van der Waals surface area contributed by atoms with Crippen LogP contribution in [0, 0.1) is 6.92 Å². The van der Waals surface area contributed by atoms with Crippen molar-refractivity contribution in [2.75, 3.05) is 29.4 Å². The van der Waals surface area contributed by atoms with Crippen LogP contribution in [0.25, 0.3) is 0 Å². The molecule has 0 radical (unpaired) electrons. The maximum Gasteiger partial charge on any atom is 0.264 e. The molecule has 0 aliphatic carbocycles. The fourth-order valence-electron chi connectivity index (χ4n) is 2.30. The van der Waals surface area contributed by atoms with E-state index in [1.54, 1.807) is 13.3 Å². The number of hydrogen-bond donors (Lipinski definition) is 3. The number of nitrogens with one attached hydrogen (secondary N) is 2. The molecule has 0 saturated carbocycles. The SMILES string of the molecule is COc1cccc(/C=N/Nc2nnc(SCC(=O)Nc3ccc(C)cc3)n2N)c1. The number of carbonyl (C=O) groups is 1. The predicted octanol–water partition coefficient (Wildman–Crippen LogP) is 2.49. The number of aryl methyl sites for hydroxylation is 1. The van der Waals surface area contributed by atoms with Gasteiger partial charge in [0.2, 0.25) is 11.1 Å². The highest BCUT2D eigenvalue weighted by Gasteiger charge is 2.12. The Labute approximate surface area is 172 Å². The molecule has 1 amide bonds. The van der Waals surface area contributed by atoms with Crippen molar-refractivity contribution in [3.63, 3.8) is 0 Å². The summed E-state index contributed by atoms with van der Waals surface area (Å²) >= 11 is 1.18. The Morgan fingerprint density at radius 1 is 1.28 bits per heavy atom. The first-order valence-corrected chi connectivity index (χ1v) is 9.66. The van der Waals surface area contributed by atoms with Gasteiger partial charge in [0, 0.05) is 5.69 Å². The maximum absolute atomic E-state index is 12.1. The molecule has 3 aromatic rings. The molecule has 0 aliphatic heterocycles. The molecule has 0 bridgehead atoms. The summed E-state index contributed by atoms with van der Waals surface area (Å²) in [6, 6.07) is 15.0. The summed E-state index contributed by atoms with van der Waals surface area (Å²) in [5.74, 6) is 6.95. The molecule has 0 atom stereocenters. The van der Waals surface area contributed by atoms with Crippen LogP contribution in [0.5, 0.6) is 5.75 Å². The summed E-state index contributed by atoms with van der Waals surface area (Å²) in [6.07, 6.45) is 1.61. The van der Waals surface area contributed by atoms with E-state index in [0.717, 1.165) is 22.6 Å². The summed E-state index contributed by atoms with van der Waals surface area (Å²) in [4.78, 5) is 12.1. The van der Waals surface area contributed by atoms with Crippen LogP contribution in [0.2, 0.25) is 0 Å². The number of benzene rings is 2. The largest absolute Gasteiger partial charge is 0.497 e. The molecular formula is C19H21N7O2S. The van der Waals surface area contributed by atoms with Crippen molar-refractivity contribution >= 4 is 35.5 Å². The van der Waals surface area contributed by atoms with E-state index in [-0.39, 0.29) is 17.6 Å². The van der Waals surface area contributed by atoms with E-state index < -0.39 is 0 Å². The van der Waals surface area contributed by atoms with E-state index in [1.165, 1.54) is 16.4 Å². The van der Waals surface area contributed by atoms with Gasteiger partial charge in [-0.2, -0.15) is 5.10 Å². The molecule has 0 spiro atoms. The highest BCUT2D eigenvalue weighted by molar-refractivity contribution is 7.99. The molecule has 0 unspecified atom stereocenters. The smallest absolute Gasteiger partial charge is 0.264 e. The number of nitrogens with two attached hydrogens (primary N) is 1. The van der Waals surface area contributed by atoms with Crippen LogP contribution in [0.1, 0.15) is 11.1 Å². The number of hydrogen-bond acceptors (Lipinski definition) is 8. The van der Waals surface area contributed by atoms with Crippen molar-refractivity contribution < 1.29 is 9.53 Å². The minimum Gasteiger partial charge on any atom is -0.497 e. The zero-order valence-electron chi connectivity index (χ0n) is 16.0. The molecule has 0 saturated heterocycles. The van der Waals surface area contributed by atoms with Crippen LogP contribution >= 0.6 is 11.8 Å². The highest BCUT2D eigenvalue weighted by atomic mass is 32.2. The number of methoxy groups -OCH3 is 1. The lowest BCUT2D eigenvalue weighted by molar-refractivity contribution is -0.113. The fourth-order valence-corrected chi connectivity index (χ4v) is 2.96. The summed E-state index contributed by atoms with van der Waals surface area (Å²) in [5.41, 5.74) is 5.45. The standard InChI is InChI=1S/C19H21N7O2S/c1-13-6-8-15(9-7-13)22-17(27)12-29-19-25-24-18(26(19)20)23-21-11-14-4-3-5-16(10-14)28-2/h3-11H,12,20H2,1-2H3,(H,22,27)(H,23,24)/b21-11+. The average Bonchev–Trinajstić information content (AvgIpc) is 3.08. The monoisotopic (exact) mass is 411 g/mol. The van der Waals surface area contributed by atoms with Crippen molar-refractivity contribution in [2.45, 2.75) is 12.1 Å². The molecule has 150 valence electrons. The third-order valence-electron chi connectivity index (χ3n) is 3.80. The van der Waals surface area contributed by atoms with E-state index in [2.05, 4.69) is 26.0 Å². The molecule has 10 heteroatoms. The van der Waals surface area contributed by atoms with Gasteiger partial charge in [-0.05, 0) is 36.8 Å². The van der Waals surface area contributed by atoms with Crippen LogP contribution in [0.4, 0.5) is 11.6 Å². The zero-order valence-corrected chi connectivity index (χ0v) is 16.8. The number of carbonyl (C=O) groups excluding carboxylic acids is 1. The average molecular weight is 411 g/mol. The predicted molar refractivity (Wildman–Crippen MR) is 115 cm³/mol. The summed E-state index contributed by atoms with van der Waals surface area (Å²) in [7, 11) is 1.60. The van der Waals surface area contributed by atoms with E-state index >= 15 is 0 Å². The van der Waals surface area contributed by atoms with Gasteiger partial charge in [-0.15, -0.1) is 10.2 Å². The van der Waals surface area contributed by atoms with E-state index in [4.69, 9.17) is 10.6 Å². The molecule has 0 aliphatic rings.